The molecule has 0 unspecified atom stereocenters. The summed E-state index contributed by atoms with van der Waals surface area (Å²) in [5, 5.41) is 99.7. The molecule has 21 nitrogen and oxygen atoms in total. The summed E-state index contributed by atoms with van der Waals surface area (Å²) in [6.45, 7) is 0. The number of methoxy groups -OCH3 is 8. The maximum atomic E-state index is 13.9. The predicted octanol–water partition coefficient (Wildman–Crippen LogP) is 26.7. The molecule has 0 saturated heterocycles. The van der Waals surface area contributed by atoms with E-state index in [1.807, 2.05) is 152 Å². The molecule has 710 valence electrons. The van der Waals surface area contributed by atoms with Gasteiger partial charge in [0.15, 0.2) is 40.5 Å². The molecule has 15 aromatic carbocycles. The van der Waals surface area contributed by atoms with Gasteiger partial charge >= 0.3 is 43.8 Å². The number of halogens is 13. The van der Waals surface area contributed by atoms with Crippen molar-refractivity contribution < 1.29 is 87.1 Å². The molecular weight excluding hydrogens is 2680 g/mol. The Hall–Kier alpha value is -9.89. The minimum atomic E-state index is -1.65. The summed E-state index contributed by atoms with van der Waals surface area (Å²) in [6, 6.07) is 83.2. The van der Waals surface area contributed by atoms with E-state index in [9.17, 15) is 38.7 Å². The number of aromatic hydroxyl groups is 2. The summed E-state index contributed by atoms with van der Waals surface area (Å²) in [7, 11) is 20.7. The van der Waals surface area contributed by atoms with Crippen molar-refractivity contribution in [1.29, 1.82) is 31.6 Å². The van der Waals surface area contributed by atoms with Crippen LogP contribution in [-0.4, -0.2) is 120 Å². The van der Waals surface area contributed by atoms with Gasteiger partial charge in [0.25, 0.3) is 0 Å². The molecular formula is C102H84BBr3Cl2F3I5N6O15Sn. The van der Waals surface area contributed by atoms with Gasteiger partial charge in [-0.25, -0.2) is 13.2 Å². The zero-order valence-corrected chi connectivity index (χ0v) is 94.5. The fraction of sp³-hybridized carbons (Fsp3) is 0.127. The molecule has 2 radical (unpaired) electrons. The van der Waals surface area contributed by atoms with Crippen LogP contribution in [0.5, 0.6) is 57.5 Å². The van der Waals surface area contributed by atoms with Crippen LogP contribution in [0.1, 0.15) is 74.1 Å². The van der Waals surface area contributed by atoms with Gasteiger partial charge in [-0.3, -0.25) is 4.79 Å². The minimum absolute atomic E-state index is 0. The van der Waals surface area contributed by atoms with Crippen molar-refractivity contribution in [1.82, 2.24) is 0 Å². The van der Waals surface area contributed by atoms with E-state index >= 15 is 0 Å². The Morgan fingerprint density at radius 1 is 0.391 bits per heavy atom. The first kappa shape index (κ1) is 120. The molecule has 0 fully saturated rings. The number of carbonyl (C=O) groups excluding carboxylic acids is 1. The average Bonchev–Trinajstić information content (AvgIpc) is 0.782. The number of phenolic OH excluding ortho intramolecular Hbond substituents is 2. The van der Waals surface area contributed by atoms with Crippen molar-refractivity contribution in [2.75, 3.05) is 56.9 Å². The van der Waals surface area contributed by atoms with E-state index in [4.69, 9.17) is 82.1 Å². The Kier molecular flexibility index (Phi) is 54.4. The van der Waals surface area contributed by atoms with Crippen molar-refractivity contribution in [2.45, 2.75) is 32.1 Å². The number of carbonyl (C=O) groups is 1. The number of nitrogens with zero attached hydrogens (tertiary/aromatic N) is 6. The van der Waals surface area contributed by atoms with Gasteiger partial charge in [-0.2, -0.15) is 31.6 Å². The standard InChI is InChI=1S/C19H14FNO2.C17H10FNO2.C12H7Br2NO.C12H8BrNO.C12H11NO.C12H9NO.C11H12O2.C7H8BFO3.2ClH.2I2.HI.2H2O.Sn/c1-22-16-5-3-13-7-14(8-15(11-21)17(13)10-16)12-4-6-19(23-2)18(20)9-12;18-16-7-10(2-4-17(16)21)12-5-11-1-3-14(20)8-15(11)13(6-12)9-19;1-16-10-3-2-7-4-9(13)5-8(6-15)11(7)12(10)14;1-15-11-3-2-8-4-10(13)5-9(7-14)12(8)6-11;2*1-14-11-6-5-9-3-2-4-10(8-13)12(9)7-11;1-13-9-6-5-8-3-2-4-11(12)10(8)7-9;1-12-7-3-2-5(8(10)11)4-6(7)9;;;2*1-2;;;;/h3-10H,1-2H3;1-8,20-21H;2-5H,1H3;2-6H,1H3;4-7H,2-3H2,1H3;2-7H,1H3;5-7H,2-4H2,1H3;2-4,10-11H,1H3;2*1H;;;1H;2*1H2;/q;;;;;;;;;;;;;;;+2/p-2. The van der Waals surface area contributed by atoms with E-state index in [1.165, 1.54) is 62.2 Å². The third-order valence-electron chi connectivity index (χ3n) is 20.3. The number of ether oxygens (including phenoxy) is 8. The molecule has 0 atom stereocenters. The van der Waals surface area contributed by atoms with Gasteiger partial charge in [0.1, 0.15) is 40.2 Å². The van der Waals surface area contributed by atoms with Crippen LogP contribution in [0.15, 0.2) is 262 Å². The second-order valence-corrected chi connectivity index (χ2v) is 35.0. The van der Waals surface area contributed by atoms with Crippen molar-refractivity contribution >= 4 is 261 Å². The Balaban J connectivity index is 0.000000328. The average molecular weight is 2770 g/mol. The van der Waals surface area contributed by atoms with Crippen LogP contribution in [-0.2, 0) is 12.8 Å². The SMILES string of the molecule is COc1ccc(B(O)O)cc1F.COc1ccc2c(c1)C(=O)CCC2.COc1ccc2c(c1)C(C#N)=CCC2.COc1ccc2cc(-c3ccc(OC)c(F)c3)cc(C#N)c2c1.COc1ccc2cc(Br)cc(C#N)c2c1.COc1ccc2cc(Br)cc(C#N)c2c1Br.COc1ccc2cccc(C#N)c2c1.I.II.II.N#Cc1cc(-c2ccc(O)c(F)c2)cc2ccc(O)cc12.O.O.[Cl][Sn][Cl]. The Labute approximate surface area is 903 Å². The van der Waals surface area contributed by atoms with Gasteiger partial charge in [-0.1, -0.05) is 111 Å². The predicted molar refractivity (Wildman–Crippen MR) is 597 cm³/mol. The number of hydrogen-bond donors (Lipinski definition) is 4. The number of Topliss-reactive ketones (excluding diaryl/α,β-unsaturated/α-hetero) is 1. The monoisotopic (exact) mass is 2760 g/mol. The number of phenols is 2. The molecule has 0 saturated carbocycles. The van der Waals surface area contributed by atoms with Gasteiger partial charge < -0.3 is 69.1 Å². The van der Waals surface area contributed by atoms with E-state index in [1.54, 1.807) is 91.2 Å². The summed E-state index contributed by atoms with van der Waals surface area (Å²) in [4.78, 5) is 11.5. The van der Waals surface area contributed by atoms with Crippen LogP contribution >= 0.6 is 164 Å². The van der Waals surface area contributed by atoms with E-state index in [0.29, 0.717) is 62.1 Å². The van der Waals surface area contributed by atoms with Gasteiger partial charge in [0.05, 0.1) is 131 Å². The molecule has 0 amide bonds. The number of fused-ring (bicyclic) bond motifs is 7. The molecule has 0 aromatic heterocycles. The van der Waals surface area contributed by atoms with Crippen molar-refractivity contribution in [2.24, 2.45) is 0 Å². The van der Waals surface area contributed by atoms with Crippen LogP contribution in [0.2, 0.25) is 0 Å². The summed E-state index contributed by atoms with van der Waals surface area (Å²) in [6.07, 6.45) is 6.65. The zero-order valence-electron chi connectivity index (χ0n) is 74.4. The summed E-state index contributed by atoms with van der Waals surface area (Å²) in [5.41, 5.74) is 10.7. The second-order valence-electron chi connectivity index (χ2n) is 28.1. The molecule has 0 heterocycles. The van der Waals surface area contributed by atoms with Crippen molar-refractivity contribution in [3.05, 3.63) is 330 Å². The second kappa shape index (κ2) is 62.3. The van der Waals surface area contributed by atoms with Gasteiger partial charge in [-0.05, 0) is 283 Å². The molecule has 36 heteroatoms. The fourth-order valence-electron chi connectivity index (χ4n) is 13.8. The molecule has 0 aliphatic heterocycles. The number of hydrogen-bond acceptors (Lipinski definition) is 19. The third kappa shape index (κ3) is 33.7. The van der Waals surface area contributed by atoms with Crippen LogP contribution in [0.3, 0.4) is 0 Å². The number of allylic oxidation sites excluding steroid dienone is 2. The normalized spacial score (nSPS) is 10.5. The molecule has 17 rings (SSSR count). The number of ketones is 1. The number of nitriles is 6. The van der Waals surface area contributed by atoms with Gasteiger partial charge in [0.2, 0.25) is 0 Å². The topological polar surface area (TPSA) is 378 Å². The fourth-order valence-corrected chi connectivity index (χ4v) is 15.5. The Morgan fingerprint density at radius 2 is 0.797 bits per heavy atom. The summed E-state index contributed by atoms with van der Waals surface area (Å²) < 4.78 is 83.3. The molecule has 15 aromatic rings. The number of aryl methyl sites for hydroxylation is 2. The zero-order chi connectivity index (χ0) is 99.0. The van der Waals surface area contributed by atoms with Crippen LogP contribution in [0, 0.1) is 85.4 Å². The van der Waals surface area contributed by atoms with E-state index in [2.05, 4.69) is 163 Å². The molecule has 8 N–H and O–H groups in total. The van der Waals surface area contributed by atoms with Gasteiger partial charge in [-0.15, -0.1) is 24.0 Å². The first-order valence-corrected chi connectivity index (χ1v) is 61.8. The molecule has 2 aliphatic carbocycles. The first-order valence-electron chi connectivity index (χ1n) is 39.7. The van der Waals surface area contributed by atoms with Crippen LogP contribution in [0.4, 0.5) is 13.2 Å². The van der Waals surface area contributed by atoms with Crippen LogP contribution < -0.4 is 43.4 Å². The van der Waals surface area contributed by atoms with Crippen molar-refractivity contribution in [3.63, 3.8) is 0 Å². The van der Waals surface area contributed by atoms with Crippen LogP contribution in [0.25, 0.3) is 81.7 Å². The third-order valence-corrected chi connectivity index (χ3v) is 22.0. The first-order chi connectivity index (χ1) is 65.2. The van der Waals surface area contributed by atoms with E-state index < -0.39 is 49.2 Å². The quantitative estimate of drug-likeness (QED) is 0.0690. The Morgan fingerprint density at radius 3 is 1.28 bits per heavy atom. The number of rotatable bonds is 11. The summed E-state index contributed by atoms with van der Waals surface area (Å²) >= 11 is 17.9. The molecule has 0 bridgehead atoms. The van der Waals surface area contributed by atoms with Gasteiger partial charge in [0, 0.05) is 122 Å². The molecule has 0 spiro atoms. The van der Waals surface area contributed by atoms with Crippen molar-refractivity contribution in [3.8, 4) is 116 Å². The molecule has 2 aliphatic rings. The molecule has 138 heavy (non-hydrogen) atoms. The maximum absolute atomic E-state index is 13.9. The van der Waals surface area contributed by atoms with E-state index in [0.717, 1.165) is 150 Å². The Bertz CT molecular complexity index is 7060. The van der Waals surface area contributed by atoms with E-state index in [-0.39, 0.29) is 63.4 Å². The summed E-state index contributed by atoms with van der Waals surface area (Å²) in [5.74, 6) is 3.00. The number of benzene rings is 15.